The minimum absolute atomic E-state index is 0.448. The highest BCUT2D eigenvalue weighted by molar-refractivity contribution is 4.90. The van der Waals surface area contributed by atoms with Crippen LogP contribution in [0.25, 0.3) is 0 Å². The summed E-state index contributed by atoms with van der Waals surface area (Å²) in [5, 5.41) is 3.73. The summed E-state index contributed by atoms with van der Waals surface area (Å²) < 4.78 is 0. The van der Waals surface area contributed by atoms with Gasteiger partial charge in [-0.1, -0.05) is 20.8 Å². The molecule has 0 spiro atoms. The van der Waals surface area contributed by atoms with E-state index in [1.165, 1.54) is 38.9 Å². The van der Waals surface area contributed by atoms with E-state index in [4.69, 9.17) is 0 Å². The zero-order valence-corrected chi connectivity index (χ0v) is 9.84. The van der Waals surface area contributed by atoms with Crippen molar-refractivity contribution in [3.05, 3.63) is 0 Å². The van der Waals surface area contributed by atoms with Crippen molar-refractivity contribution in [3.8, 4) is 0 Å². The third-order valence-corrected chi connectivity index (χ3v) is 3.31. The number of rotatable bonds is 1. The number of hydrogen-bond donors (Lipinski definition) is 1. The van der Waals surface area contributed by atoms with Crippen LogP contribution in [0.5, 0.6) is 0 Å². The fourth-order valence-corrected chi connectivity index (χ4v) is 2.83. The highest BCUT2D eigenvalue weighted by Crippen LogP contribution is 2.23. The average Bonchev–Trinajstić information content (AvgIpc) is 2.35. The first kappa shape index (κ1) is 10.4. The maximum absolute atomic E-state index is 3.73. The van der Waals surface area contributed by atoms with E-state index in [9.17, 15) is 0 Å². The molecule has 0 aliphatic carbocycles. The lowest BCUT2D eigenvalue weighted by Gasteiger charge is -2.30. The van der Waals surface area contributed by atoms with E-state index in [-0.39, 0.29) is 0 Å². The number of likely N-dealkylation sites (tertiary alicyclic amines) is 1. The third kappa shape index (κ3) is 2.71. The molecule has 2 fully saturated rings. The molecule has 0 aromatic rings. The van der Waals surface area contributed by atoms with Gasteiger partial charge in [0.15, 0.2) is 0 Å². The second kappa shape index (κ2) is 3.82. The van der Waals surface area contributed by atoms with Gasteiger partial charge in [-0.15, -0.1) is 0 Å². The molecule has 2 aliphatic heterocycles. The number of fused-ring (bicyclic) bond motifs is 2. The average molecular weight is 196 g/mol. The van der Waals surface area contributed by atoms with Gasteiger partial charge in [0.2, 0.25) is 0 Å². The monoisotopic (exact) mass is 196 g/mol. The molecule has 0 aromatic heterocycles. The van der Waals surface area contributed by atoms with E-state index in [1.807, 2.05) is 0 Å². The molecule has 1 N–H and O–H groups in total. The standard InChI is InChI=1S/C12H24N2/c1-12(2,3)9-14-7-6-10-4-5-11(8-14)13-10/h10-11,13H,4-9H2,1-3H3. The predicted octanol–water partition coefficient (Wildman–Crippen LogP) is 1.86. The summed E-state index contributed by atoms with van der Waals surface area (Å²) in [7, 11) is 0. The van der Waals surface area contributed by atoms with Crippen LogP contribution in [-0.2, 0) is 0 Å². The van der Waals surface area contributed by atoms with E-state index in [1.54, 1.807) is 0 Å². The lowest BCUT2D eigenvalue weighted by molar-refractivity contribution is 0.183. The van der Waals surface area contributed by atoms with Crippen LogP contribution in [0.1, 0.15) is 40.0 Å². The van der Waals surface area contributed by atoms with Crippen LogP contribution in [0, 0.1) is 5.41 Å². The molecular weight excluding hydrogens is 172 g/mol. The first-order valence-corrected chi connectivity index (χ1v) is 6.01. The minimum atomic E-state index is 0.448. The van der Waals surface area contributed by atoms with Crippen LogP contribution in [-0.4, -0.2) is 36.6 Å². The van der Waals surface area contributed by atoms with E-state index >= 15 is 0 Å². The topological polar surface area (TPSA) is 15.3 Å². The Morgan fingerprint density at radius 3 is 2.57 bits per heavy atom. The first-order valence-electron chi connectivity index (χ1n) is 6.01. The quantitative estimate of drug-likeness (QED) is 0.688. The molecule has 2 bridgehead atoms. The van der Waals surface area contributed by atoms with Crippen molar-refractivity contribution < 1.29 is 0 Å². The van der Waals surface area contributed by atoms with Gasteiger partial charge >= 0.3 is 0 Å². The fourth-order valence-electron chi connectivity index (χ4n) is 2.83. The highest BCUT2D eigenvalue weighted by atomic mass is 15.2. The molecule has 0 amide bonds. The summed E-state index contributed by atoms with van der Waals surface area (Å²) in [6.07, 6.45) is 4.16. The molecule has 82 valence electrons. The van der Waals surface area contributed by atoms with Crippen molar-refractivity contribution in [3.63, 3.8) is 0 Å². The van der Waals surface area contributed by atoms with E-state index in [2.05, 4.69) is 31.0 Å². The predicted molar refractivity (Wildman–Crippen MR) is 60.5 cm³/mol. The third-order valence-electron chi connectivity index (χ3n) is 3.31. The molecule has 0 saturated carbocycles. The van der Waals surface area contributed by atoms with Gasteiger partial charge in [0.1, 0.15) is 0 Å². The highest BCUT2D eigenvalue weighted by Gasteiger charge is 2.30. The maximum Gasteiger partial charge on any atom is 0.0198 e. The van der Waals surface area contributed by atoms with Gasteiger partial charge in [0, 0.05) is 25.2 Å². The Bertz CT molecular complexity index is 195. The zero-order chi connectivity index (χ0) is 10.2. The Morgan fingerprint density at radius 2 is 1.86 bits per heavy atom. The minimum Gasteiger partial charge on any atom is -0.310 e. The summed E-state index contributed by atoms with van der Waals surface area (Å²) in [6, 6.07) is 1.61. The molecule has 0 radical (unpaired) electrons. The first-order chi connectivity index (χ1) is 6.53. The van der Waals surface area contributed by atoms with E-state index in [0.29, 0.717) is 5.41 Å². The second-order valence-corrected chi connectivity index (χ2v) is 6.22. The van der Waals surface area contributed by atoms with Crippen molar-refractivity contribution in [1.82, 2.24) is 10.2 Å². The largest absolute Gasteiger partial charge is 0.310 e. The second-order valence-electron chi connectivity index (χ2n) is 6.22. The smallest absolute Gasteiger partial charge is 0.0198 e. The van der Waals surface area contributed by atoms with Gasteiger partial charge in [-0.2, -0.15) is 0 Å². The van der Waals surface area contributed by atoms with E-state index in [0.717, 1.165) is 12.1 Å². The summed E-state index contributed by atoms with van der Waals surface area (Å²) in [5.41, 5.74) is 0.448. The van der Waals surface area contributed by atoms with Crippen LogP contribution in [0.2, 0.25) is 0 Å². The molecule has 2 aliphatic rings. The Balaban J connectivity index is 1.89. The van der Waals surface area contributed by atoms with Crippen molar-refractivity contribution in [1.29, 1.82) is 0 Å². The molecular formula is C12H24N2. The Morgan fingerprint density at radius 1 is 1.14 bits per heavy atom. The summed E-state index contributed by atoms with van der Waals surface area (Å²) in [6.45, 7) is 10.8. The fraction of sp³-hybridized carbons (Fsp3) is 1.00. The van der Waals surface area contributed by atoms with Crippen LogP contribution in [0.3, 0.4) is 0 Å². The summed E-state index contributed by atoms with van der Waals surface area (Å²) in [5.74, 6) is 0. The van der Waals surface area contributed by atoms with Crippen molar-refractivity contribution in [2.45, 2.75) is 52.1 Å². The lowest BCUT2D eigenvalue weighted by Crippen LogP contribution is -2.39. The Labute approximate surface area is 88.1 Å². The Hall–Kier alpha value is -0.0800. The maximum atomic E-state index is 3.73. The van der Waals surface area contributed by atoms with Crippen LogP contribution >= 0.6 is 0 Å². The molecule has 2 rings (SSSR count). The van der Waals surface area contributed by atoms with Crippen molar-refractivity contribution in [2.75, 3.05) is 19.6 Å². The van der Waals surface area contributed by atoms with E-state index < -0.39 is 0 Å². The summed E-state index contributed by atoms with van der Waals surface area (Å²) >= 11 is 0. The van der Waals surface area contributed by atoms with Crippen LogP contribution in [0.15, 0.2) is 0 Å². The normalized spacial score (nSPS) is 34.5. The molecule has 2 atom stereocenters. The Kier molecular flexibility index (Phi) is 2.85. The van der Waals surface area contributed by atoms with Gasteiger partial charge in [-0.25, -0.2) is 0 Å². The lowest BCUT2D eigenvalue weighted by atomic mass is 9.95. The summed E-state index contributed by atoms with van der Waals surface area (Å²) in [4.78, 5) is 2.65. The zero-order valence-electron chi connectivity index (χ0n) is 9.84. The molecule has 2 heteroatoms. The van der Waals surface area contributed by atoms with Gasteiger partial charge in [0.25, 0.3) is 0 Å². The van der Waals surface area contributed by atoms with Crippen molar-refractivity contribution in [2.24, 2.45) is 5.41 Å². The molecule has 2 saturated heterocycles. The van der Waals surface area contributed by atoms with Crippen LogP contribution < -0.4 is 5.32 Å². The van der Waals surface area contributed by atoms with Crippen molar-refractivity contribution >= 4 is 0 Å². The van der Waals surface area contributed by atoms with Gasteiger partial charge in [0.05, 0.1) is 0 Å². The molecule has 0 aromatic carbocycles. The number of nitrogens with zero attached hydrogens (tertiary/aromatic N) is 1. The molecule has 2 unspecified atom stereocenters. The number of hydrogen-bond acceptors (Lipinski definition) is 2. The van der Waals surface area contributed by atoms with Gasteiger partial charge < -0.3 is 10.2 Å². The van der Waals surface area contributed by atoms with Gasteiger partial charge in [-0.05, 0) is 31.2 Å². The van der Waals surface area contributed by atoms with Crippen LogP contribution in [0.4, 0.5) is 0 Å². The molecule has 2 nitrogen and oxygen atoms in total. The number of nitrogens with one attached hydrogen (secondary N) is 1. The van der Waals surface area contributed by atoms with Gasteiger partial charge in [-0.3, -0.25) is 0 Å². The SMILES string of the molecule is CC(C)(C)CN1CCC2CCC(C1)N2. The molecule has 2 heterocycles. The molecule has 14 heavy (non-hydrogen) atoms.